The summed E-state index contributed by atoms with van der Waals surface area (Å²) in [6.07, 6.45) is -4.09. The topological polar surface area (TPSA) is 84.9 Å². The van der Waals surface area contributed by atoms with Crippen molar-refractivity contribution in [1.29, 1.82) is 0 Å². The van der Waals surface area contributed by atoms with E-state index in [9.17, 15) is 23.3 Å². The van der Waals surface area contributed by atoms with Gasteiger partial charge in [0.15, 0.2) is 0 Å². The third-order valence-corrected chi connectivity index (χ3v) is 5.66. The Balaban J connectivity index is 1.82. The van der Waals surface area contributed by atoms with Crippen molar-refractivity contribution in [3.05, 3.63) is 58.1 Å². The number of para-hydroxylation sites is 1. The molecule has 0 unspecified atom stereocenters. The number of nitro groups is 1. The molecule has 2 aromatic rings. The molecule has 2 aliphatic heterocycles. The summed E-state index contributed by atoms with van der Waals surface area (Å²) in [5.74, 6) is -0.252. The Morgan fingerprint density at radius 3 is 2.50 bits per heavy atom. The third kappa shape index (κ3) is 3.80. The zero-order valence-corrected chi connectivity index (χ0v) is 16.0. The second-order valence-corrected chi connectivity index (χ2v) is 7.48. The number of halogens is 3. The van der Waals surface area contributed by atoms with Gasteiger partial charge in [-0.05, 0) is 24.6 Å². The van der Waals surface area contributed by atoms with Gasteiger partial charge in [0.05, 0.1) is 4.92 Å². The average molecular weight is 422 g/mol. The molecule has 0 amide bonds. The van der Waals surface area contributed by atoms with Crippen molar-refractivity contribution in [1.82, 2.24) is 4.90 Å². The van der Waals surface area contributed by atoms with Crippen LogP contribution in [-0.4, -0.2) is 48.1 Å². The van der Waals surface area contributed by atoms with Gasteiger partial charge in [-0.15, -0.1) is 0 Å². The van der Waals surface area contributed by atoms with Crippen LogP contribution in [0.3, 0.4) is 0 Å². The molecule has 0 bridgehead atoms. The molecule has 0 saturated carbocycles. The van der Waals surface area contributed by atoms with Gasteiger partial charge >= 0.3 is 6.18 Å². The Morgan fingerprint density at radius 1 is 1.10 bits per heavy atom. The Hall–Kier alpha value is -2.85. The van der Waals surface area contributed by atoms with Crippen molar-refractivity contribution >= 4 is 11.4 Å². The monoisotopic (exact) mass is 422 g/mol. The van der Waals surface area contributed by atoms with Gasteiger partial charge < -0.3 is 15.4 Å². The van der Waals surface area contributed by atoms with E-state index in [2.05, 4.69) is 4.90 Å². The van der Waals surface area contributed by atoms with Gasteiger partial charge in [0.25, 0.3) is 5.69 Å². The van der Waals surface area contributed by atoms with Gasteiger partial charge in [-0.2, -0.15) is 13.2 Å². The molecular weight excluding hydrogens is 401 g/mol. The molecule has 0 aromatic heterocycles. The summed E-state index contributed by atoms with van der Waals surface area (Å²) >= 11 is 0. The van der Waals surface area contributed by atoms with Gasteiger partial charge in [0, 0.05) is 44.3 Å². The molecule has 7 nitrogen and oxygen atoms in total. The summed E-state index contributed by atoms with van der Waals surface area (Å²) in [6.45, 7) is 1.71. The molecule has 0 aliphatic carbocycles. The molecule has 4 rings (SSSR count). The van der Waals surface area contributed by atoms with E-state index >= 15 is 0 Å². The normalized spacial score (nSPS) is 22.1. The van der Waals surface area contributed by atoms with Crippen LogP contribution in [0.4, 0.5) is 24.5 Å². The predicted molar refractivity (Wildman–Crippen MR) is 105 cm³/mol. The van der Waals surface area contributed by atoms with Crippen LogP contribution in [0, 0.1) is 10.1 Å². The van der Waals surface area contributed by atoms with E-state index in [0.29, 0.717) is 6.54 Å². The van der Waals surface area contributed by atoms with Crippen LogP contribution in [0.15, 0.2) is 42.5 Å². The van der Waals surface area contributed by atoms with Gasteiger partial charge in [-0.1, -0.05) is 18.2 Å². The second kappa shape index (κ2) is 7.77. The molecule has 2 heterocycles. The maximum Gasteiger partial charge on any atom is 0.422 e. The first-order valence-electron chi connectivity index (χ1n) is 9.62. The third-order valence-electron chi connectivity index (χ3n) is 5.66. The highest BCUT2D eigenvalue weighted by Crippen LogP contribution is 2.48. The zero-order valence-electron chi connectivity index (χ0n) is 16.0. The Bertz CT molecular complexity index is 939. The fourth-order valence-corrected chi connectivity index (χ4v) is 4.25. The van der Waals surface area contributed by atoms with Crippen molar-refractivity contribution in [2.75, 3.05) is 31.1 Å². The van der Waals surface area contributed by atoms with Crippen LogP contribution in [-0.2, 0) is 6.18 Å². The Morgan fingerprint density at radius 2 is 1.83 bits per heavy atom. The minimum atomic E-state index is -4.85. The predicted octanol–water partition coefficient (Wildman–Crippen LogP) is 3.63. The van der Waals surface area contributed by atoms with Crippen LogP contribution < -0.4 is 15.4 Å². The van der Waals surface area contributed by atoms with E-state index in [4.69, 9.17) is 10.5 Å². The molecule has 2 fully saturated rings. The lowest BCUT2D eigenvalue weighted by atomic mass is 10.0. The number of nitro benzene ring substituents is 1. The first-order chi connectivity index (χ1) is 14.3. The molecule has 30 heavy (non-hydrogen) atoms. The molecule has 2 N–H and O–H groups in total. The van der Waals surface area contributed by atoms with Crippen molar-refractivity contribution in [3.8, 4) is 11.5 Å². The number of benzene rings is 2. The van der Waals surface area contributed by atoms with Crippen LogP contribution in [0.1, 0.15) is 12.0 Å². The number of piperazine rings is 1. The Labute approximate surface area is 171 Å². The number of rotatable bonds is 4. The van der Waals surface area contributed by atoms with Crippen molar-refractivity contribution in [3.63, 3.8) is 0 Å². The van der Waals surface area contributed by atoms with E-state index in [0.717, 1.165) is 25.1 Å². The Kier molecular flexibility index (Phi) is 5.29. The number of nitrogens with zero attached hydrogens (tertiary/aromatic N) is 3. The summed E-state index contributed by atoms with van der Waals surface area (Å²) < 4.78 is 48.1. The van der Waals surface area contributed by atoms with Crippen LogP contribution in [0.5, 0.6) is 11.5 Å². The van der Waals surface area contributed by atoms with E-state index in [1.807, 2.05) is 0 Å². The lowest BCUT2D eigenvalue weighted by Crippen LogP contribution is -2.55. The largest absolute Gasteiger partial charge is 0.457 e. The first kappa shape index (κ1) is 20.4. The fraction of sp³-hybridized carbons (Fsp3) is 0.400. The first-order valence-corrected chi connectivity index (χ1v) is 9.62. The maximum absolute atomic E-state index is 14.2. The molecule has 2 aromatic carbocycles. The van der Waals surface area contributed by atoms with E-state index in [-0.39, 0.29) is 30.9 Å². The van der Waals surface area contributed by atoms with Crippen LogP contribution >= 0.6 is 0 Å². The molecule has 0 radical (unpaired) electrons. The van der Waals surface area contributed by atoms with E-state index in [1.54, 1.807) is 18.2 Å². The van der Waals surface area contributed by atoms with Crippen LogP contribution in [0.2, 0.25) is 0 Å². The summed E-state index contributed by atoms with van der Waals surface area (Å²) in [5, 5.41) is 11.6. The minimum Gasteiger partial charge on any atom is -0.457 e. The minimum absolute atomic E-state index is 0.141. The number of nitrogens with two attached hydrogens (primary N) is 1. The lowest BCUT2D eigenvalue weighted by molar-refractivity contribution is -0.384. The van der Waals surface area contributed by atoms with Crippen molar-refractivity contribution < 1.29 is 22.8 Å². The maximum atomic E-state index is 14.2. The van der Waals surface area contributed by atoms with Gasteiger partial charge in [-0.3, -0.25) is 15.0 Å². The highest BCUT2D eigenvalue weighted by molar-refractivity contribution is 5.73. The van der Waals surface area contributed by atoms with E-state index < -0.39 is 33.8 Å². The van der Waals surface area contributed by atoms with E-state index in [1.165, 1.54) is 17.0 Å². The van der Waals surface area contributed by atoms with Crippen molar-refractivity contribution in [2.45, 2.75) is 24.7 Å². The molecular formula is C20H21F3N4O3. The molecule has 2 saturated heterocycles. The quantitative estimate of drug-likeness (QED) is 0.598. The van der Waals surface area contributed by atoms with Gasteiger partial charge in [-0.25, -0.2) is 0 Å². The number of alkyl halides is 3. The highest BCUT2D eigenvalue weighted by Gasteiger charge is 2.45. The molecule has 0 spiro atoms. The SMILES string of the molecule is N[C@H]1CCN2CCN(c3c([N+](=O)[O-])ccc(Oc4ccccc4)c3C(F)(F)F)C[C@@H]12. The number of hydrogen-bond acceptors (Lipinski definition) is 6. The summed E-state index contributed by atoms with van der Waals surface area (Å²) in [5.41, 5.74) is 3.94. The standard InChI is InChI=1S/C20H21F3N4O3/c21-20(22,23)18-17(30-13-4-2-1-3-5-13)7-6-15(27(28)29)19(18)26-11-10-25-9-8-14(24)16(25)12-26/h1-7,14,16H,8-12,24H2/t14-,16-/m0/s1. The second-order valence-electron chi connectivity index (χ2n) is 7.48. The zero-order chi connectivity index (χ0) is 21.5. The molecule has 10 heteroatoms. The van der Waals surface area contributed by atoms with Crippen LogP contribution in [0.25, 0.3) is 0 Å². The molecule has 2 atom stereocenters. The smallest absolute Gasteiger partial charge is 0.422 e. The van der Waals surface area contributed by atoms with Crippen molar-refractivity contribution in [2.24, 2.45) is 5.73 Å². The van der Waals surface area contributed by atoms with Gasteiger partial charge in [0.1, 0.15) is 22.7 Å². The average Bonchev–Trinajstić information content (AvgIpc) is 3.07. The number of ether oxygens (including phenoxy) is 1. The summed E-state index contributed by atoms with van der Waals surface area (Å²) in [6, 6.07) is 9.80. The number of hydrogen-bond donors (Lipinski definition) is 1. The molecule has 2 aliphatic rings. The number of anilines is 1. The lowest BCUT2D eigenvalue weighted by Gasteiger charge is -2.40. The fourth-order valence-electron chi connectivity index (χ4n) is 4.25. The molecule has 160 valence electrons. The summed E-state index contributed by atoms with van der Waals surface area (Å²) in [7, 11) is 0. The van der Waals surface area contributed by atoms with Gasteiger partial charge in [0.2, 0.25) is 0 Å². The highest BCUT2D eigenvalue weighted by atomic mass is 19.4. The number of fused-ring (bicyclic) bond motifs is 1. The summed E-state index contributed by atoms with van der Waals surface area (Å²) in [4.78, 5) is 14.4.